The Bertz CT molecular complexity index is 1950. The summed E-state index contributed by atoms with van der Waals surface area (Å²) in [5.41, 5.74) is 18.5. The summed E-state index contributed by atoms with van der Waals surface area (Å²) in [6, 6.07) is 43.0. The lowest BCUT2D eigenvalue weighted by molar-refractivity contribution is 1.60. The zero-order chi connectivity index (χ0) is 24.2. The first-order valence-corrected chi connectivity index (χ1v) is 12.2. The quantitative estimate of drug-likeness (QED) is 0.154. The highest BCUT2D eigenvalue weighted by atomic mass is 14.6. The number of anilines is 2. The van der Waals surface area contributed by atoms with Crippen LogP contribution in [0.1, 0.15) is 0 Å². The fourth-order valence-electron chi connectivity index (χ4n) is 5.40. The number of benzene rings is 7. The molecule has 0 spiro atoms. The molecule has 0 atom stereocenters. The van der Waals surface area contributed by atoms with Crippen LogP contribution in [0.2, 0.25) is 0 Å². The molecule has 0 aromatic heterocycles. The lowest BCUT2D eigenvalue weighted by atomic mass is 9.88. The standard InChI is InChI=1S/C34H24N2/c35-28-12-9-21(10-13-28)26-11-14-34(36)33(19-26)32-20-27-15-22-5-1-2-6-23(22)16-29(27)30-17-24-7-3-4-8-25(24)18-31(30)32/h1-20H,35-36H2. The van der Waals surface area contributed by atoms with Gasteiger partial charge in [-0.25, -0.2) is 0 Å². The van der Waals surface area contributed by atoms with Crippen molar-refractivity contribution in [2.24, 2.45) is 0 Å². The SMILES string of the molecule is Nc1ccc(-c2ccc(N)c(-c3cc4cc5ccccc5cc4c4cc5ccccc5cc34)c2)cc1. The molecule has 4 N–H and O–H groups in total. The summed E-state index contributed by atoms with van der Waals surface area (Å²) in [5, 5.41) is 9.86. The Labute approximate surface area is 209 Å². The van der Waals surface area contributed by atoms with Gasteiger partial charge in [-0.2, -0.15) is 0 Å². The van der Waals surface area contributed by atoms with Crippen LogP contribution < -0.4 is 11.5 Å². The topological polar surface area (TPSA) is 52.0 Å². The van der Waals surface area contributed by atoms with Gasteiger partial charge in [0.25, 0.3) is 0 Å². The van der Waals surface area contributed by atoms with Crippen LogP contribution in [0.25, 0.3) is 65.3 Å². The van der Waals surface area contributed by atoms with Crippen molar-refractivity contribution in [3.05, 3.63) is 121 Å². The summed E-state index contributed by atoms with van der Waals surface area (Å²) in [4.78, 5) is 0. The molecule has 2 nitrogen and oxygen atoms in total. The summed E-state index contributed by atoms with van der Waals surface area (Å²) in [5.74, 6) is 0. The maximum Gasteiger partial charge on any atom is 0.0394 e. The molecule has 0 unspecified atom stereocenters. The Kier molecular flexibility index (Phi) is 4.49. The van der Waals surface area contributed by atoms with Gasteiger partial charge < -0.3 is 11.5 Å². The van der Waals surface area contributed by atoms with Crippen LogP contribution in [-0.2, 0) is 0 Å². The molecule has 0 saturated carbocycles. The molecule has 0 bridgehead atoms. The first-order valence-electron chi connectivity index (χ1n) is 12.2. The van der Waals surface area contributed by atoms with Gasteiger partial charge in [-0.05, 0) is 114 Å². The molecule has 0 heterocycles. The van der Waals surface area contributed by atoms with Crippen molar-refractivity contribution >= 4 is 54.5 Å². The van der Waals surface area contributed by atoms with Crippen LogP contribution in [0.15, 0.2) is 121 Å². The van der Waals surface area contributed by atoms with Crippen LogP contribution >= 0.6 is 0 Å². The van der Waals surface area contributed by atoms with E-state index in [2.05, 4.69) is 103 Å². The van der Waals surface area contributed by atoms with Gasteiger partial charge in [0.05, 0.1) is 0 Å². The summed E-state index contributed by atoms with van der Waals surface area (Å²) in [7, 11) is 0. The third-order valence-electron chi connectivity index (χ3n) is 7.27. The molecular weight excluding hydrogens is 436 g/mol. The minimum atomic E-state index is 0.758. The van der Waals surface area contributed by atoms with E-state index in [4.69, 9.17) is 11.5 Å². The fraction of sp³-hybridized carbons (Fsp3) is 0. The maximum atomic E-state index is 6.64. The first kappa shape index (κ1) is 20.5. The minimum absolute atomic E-state index is 0.758. The normalized spacial score (nSPS) is 11.6. The van der Waals surface area contributed by atoms with Crippen molar-refractivity contribution in [1.29, 1.82) is 0 Å². The molecule has 0 amide bonds. The van der Waals surface area contributed by atoms with Crippen molar-refractivity contribution in [1.82, 2.24) is 0 Å². The lowest BCUT2D eigenvalue weighted by Crippen LogP contribution is -1.93. The van der Waals surface area contributed by atoms with E-state index in [-0.39, 0.29) is 0 Å². The van der Waals surface area contributed by atoms with Gasteiger partial charge >= 0.3 is 0 Å². The monoisotopic (exact) mass is 460 g/mol. The van der Waals surface area contributed by atoms with Gasteiger partial charge in [-0.15, -0.1) is 0 Å². The van der Waals surface area contributed by atoms with E-state index in [1.165, 1.54) is 43.1 Å². The molecule has 7 aromatic carbocycles. The van der Waals surface area contributed by atoms with Gasteiger partial charge in [-0.3, -0.25) is 0 Å². The molecule has 0 fully saturated rings. The van der Waals surface area contributed by atoms with E-state index in [0.717, 1.165) is 33.6 Å². The highest BCUT2D eigenvalue weighted by Gasteiger charge is 2.14. The Morgan fingerprint density at radius 3 is 1.58 bits per heavy atom. The molecule has 36 heavy (non-hydrogen) atoms. The van der Waals surface area contributed by atoms with Crippen LogP contribution in [-0.4, -0.2) is 0 Å². The van der Waals surface area contributed by atoms with Crippen molar-refractivity contribution < 1.29 is 0 Å². The predicted octanol–water partition coefficient (Wildman–Crippen LogP) is 8.80. The first-order chi connectivity index (χ1) is 17.6. The molecule has 170 valence electrons. The van der Waals surface area contributed by atoms with Crippen LogP contribution in [0.4, 0.5) is 11.4 Å². The van der Waals surface area contributed by atoms with Crippen molar-refractivity contribution in [2.75, 3.05) is 11.5 Å². The average molecular weight is 461 g/mol. The second-order valence-corrected chi connectivity index (χ2v) is 9.51. The Morgan fingerprint density at radius 1 is 0.361 bits per heavy atom. The zero-order valence-electron chi connectivity index (χ0n) is 19.7. The molecule has 0 saturated heterocycles. The maximum absolute atomic E-state index is 6.64. The molecule has 0 aliphatic heterocycles. The number of nitrogen functional groups attached to an aromatic ring is 2. The van der Waals surface area contributed by atoms with Gasteiger partial charge in [0.2, 0.25) is 0 Å². The number of fused-ring (bicyclic) bond motifs is 5. The molecule has 0 aliphatic carbocycles. The van der Waals surface area contributed by atoms with Gasteiger partial charge in [0.15, 0.2) is 0 Å². The Hall–Kier alpha value is -4.82. The van der Waals surface area contributed by atoms with E-state index >= 15 is 0 Å². The molecule has 2 heteroatoms. The molecule has 0 aliphatic rings. The van der Waals surface area contributed by atoms with Crippen molar-refractivity contribution in [3.8, 4) is 22.3 Å². The highest BCUT2D eigenvalue weighted by Crippen LogP contribution is 2.41. The smallest absolute Gasteiger partial charge is 0.0394 e. The van der Waals surface area contributed by atoms with E-state index < -0.39 is 0 Å². The average Bonchev–Trinajstić information content (AvgIpc) is 2.91. The van der Waals surface area contributed by atoms with E-state index in [1.54, 1.807) is 0 Å². The second-order valence-electron chi connectivity index (χ2n) is 9.51. The largest absolute Gasteiger partial charge is 0.399 e. The number of hydrogen-bond acceptors (Lipinski definition) is 2. The minimum Gasteiger partial charge on any atom is -0.399 e. The van der Waals surface area contributed by atoms with E-state index in [9.17, 15) is 0 Å². The zero-order valence-corrected chi connectivity index (χ0v) is 19.7. The lowest BCUT2D eigenvalue weighted by Gasteiger charge is -2.16. The summed E-state index contributed by atoms with van der Waals surface area (Å²) in [6.07, 6.45) is 0. The highest BCUT2D eigenvalue weighted by molar-refractivity contribution is 6.20. The van der Waals surface area contributed by atoms with Crippen molar-refractivity contribution in [3.63, 3.8) is 0 Å². The molecular formula is C34H24N2. The van der Waals surface area contributed by atoms with E-state index in [1.807, 2.05) is 18.2 Å². The Morgan fingerprint density at radius 2 is 0.917 bits per heavy atom. The number of hydrogen-bond donors (Lipinski definition) is 2. The molecule has 0 radical (unpaired) electrons. The third-order valence-corrected chi connectivity index (χ3v) is 7.27. The fourth-order valence-corrected chi connectivity index (χ4v) is 5.40. The Balaban J connectivity index is 1.59. The molecule has 7 aromatic rings. The molecule has 7 rings (SSSR count). The number of nitrogens with two attached hydrogens (primary N) is 2. The summed E-state index contributed by atoms with van der Waals surface area (Å²) >= 11 is 0. The van der Waals surface area contributed by atoms with Gasteiger partial charge in [-0.1, -0.05) is 66.7 Å². The summed E-state index contributed by atoms with van der Waals surface area (Å²) in [6.45, 7) is 0. The van der Waals surface area contributed by atoms with Crippen LogP contribution in [0.5, 0.6) is 0 Å². The van der Waals surface area contributed by atoms with Crippen LogP contribution in [0.3, 0.4) is 0 Å². The number of rotatable bonds is 2. The van der Waals surface area contributed by atoms with Crippen molar-refractivity contribution in [2.45, 2.75) is 0 Å². The van der Waals surface area contributed by atoms with E-state index in [0.29, 0.717) is 0 Å². The summed E-state index contributed by atoms with van der Waals surface area (Å²) < 4.78 is 0. The third kappa shape index (κ3) is 3.27. The van der Waals surface area contributed by atoms with Gasteiger partial charge in [0, 0.05) is 16.9 Å². The van der Waals surface area contributed by atoms with Crippen LogP contribution in [0, 0.1) is 0 Å². The second kappa shape index (κ2) is 7.86. The van der Waals surface area contributed by atoms with Gasteiger partial charge in [0.1, 0.15) is 0 Å². The predicted molar refractivity (Wildman–Crippen MR) is 156 cm³/mol.